The van der Waals surface area contributed by atoms with Crippen molar-refractivity contribution in [1.82, 2.24) is 28.7 Å². The van der Waals surface area contributed by atoms with E-state index in [1.807, 2.05) is 66.7 Å². The number of para-hydroxylation sites is 1. The molecule has 12 rings (SSSR count). The Kier molecular flexibility index (Phi) is 8.03. The zero-order valence-corrected chi connectivity index (χ0v) is 32.7. The van der Waals surface area contributed by atoms with Gasteiger partial charge in [0, 0.05) is 62.1 Å². The Morgan fingerprint density at radius 1 is 0.328 bits per heavy atom. The van der Waals surface area contributed by atoms with E-state index in [4.69, 9.17) is 24.4 Å². The second kappa shape index (κ2) is 14.1. The molecule has 6 aromatic heterocycles. The Morgan fingerprint density at radius 3 is 1.34 bits per heavy atom. The zero-order chi connectivity index (χ0) is 40.3. The fourth-order valence-corrected chi connectivity index (χ4v) is 8.47. The number of aromatic nitrogens is 6. The number of rotatable bonds is 7. The number of imidazole rings is 2. The lowest BCUT2D eigenvalue weighted by Gasteiger charge is -2.12. The number of hydrogen-bond acceptors (Lipinski definition) is 5. The van der Waals surface area contributed by atoms with Gasteiger partial charge in [-0.15, -0.1) is 0 Å². The van der Waals surface area contributed by atoms with Crippen LogP contribution in [-0.2, 0) is 0 Å². The number of nitrogens with zero attached hydrogens (tertiary/aromatic N) is 6. The Balaban J connectivity index is 0.982. The van der Waals surface area contributed by atoms with E-state index in [0.717, 1.165) is 106 Å². The molecule has 0 saturated heterocycles. The minimum atomic E-state index is 0.615. The van der Waals surface area contributed by atoms with Gasteiger partial charge in [-0.2, -0.15) is 0 Å². The van der Waals surface area contributed by atoms with Gasteiger partial charge in [-0.3, -0.25) is 8.80 Å². The van der Waals surface area contributed by atoms with E-state index in [2.05, 4.69) is 149 Å². The largest absolute Gasteiger partial charge is 0.456 e. The molecule has 6 aromatic carbocycles. The van der Waals surface area contributed by atoms with E-state index in [1.165, 1.54) is 0 Å². The topological polar surface area (TPSA) is 73.5 Å². The number of furan rings is 1. The first kappa shape index (κ1) is 34.6. The van der Waals surface area contributed by atoms with Gasteiger partial charge in [0.2, 0.25) is 0 Å². The molecule has 0 aliphatic heterocycles. The highest BCUT2D eigenvalue weighted by Crippen LogP contribution is 2.38. The van der Waals surface area contributed by atoms with Crippen molar-refractivity contribution in [2.24, 2.45) is 0 Å². The molecule has 0 N–H and O–H groups in total. The van der Waals surface area contributed by atoms with Gasteiger partial charge in [0.15, 0.2) is 5.82 Å². The standard InChI is InChI=1S/C54H34N6O/c1-3-13-37(14-4-1)50-52(59-31-11-9-19-48(59)57-50)39-25-21-35(22-26-39)44-34-45(56-54(55-44)41-29-30-43-42-17-7-8-18-46(42)61-47(43)33-41)36-23-27-40(28-24-36)53-51(38-15-5-2-6-16-38)58-49-20-10-12-32-60(49)53/h1-34H. The minimum Gasteiger partial charge on any atom is -0.456 e. The molecule has 12 aromatic rings. The third kappa shape index (κ3) is 5.98. The summed E-state index contributed by atoms with van der Waals surface area (Å²) in [6.45, 7) is 0. The summed E-state index contributed by atoms with van der Waals surface area (Å²) in [6, 6.07) is 66.6. The third-order valence-corrected chi connectivity index (χ3v) is 11.4. The van der Waals surface area contributed by atoms with Crippen LogP contribution >= 0.6 is 0 Å². The number of fused-ring (bicyclic) bond motifs is 5. The summed E-state index contributed by atoms with van der Waals surface area (Å²) in [5, 5.41) is 2.15. The molecule has 0 bridgehead atoms. The average molecular weight is 783 g/mol. The molecule has 7 heteroatoms. The second-order valence-electron chi connectivity index (χ2n) is 15.1. The molecule has 0 fully saturated rings. The summed E-state index contributed by atoms with van der Waals surface area (Å²) in [5.74, 6) is 0.615. The van der Waals surface area contributed by atoms with E-state index >= 15 is 0 Å². The lowest BCUT2D eigenvalue weighted by molar-refractivity contribution is 0.669. The van der Waals surface area contributed by atoms with E-state index in [-0.39, 0.29) is 0 Å². The van der Waals surface area contributed by atoms with Gasteiger partial charge in [0.1, 0.15) is 22.5 Å². The maximum atomic E-state index is 6.32. The summed E-state index contributed by atoms with van der Waals surface area (Å²) >= 11 is 0. The average Bonchev–Trinajstić information content (AvgIpc) is 4.04. The maximum Gasteiger partial charge on any atom is 0.160 e. The van der Waals surface area contributed by atoms with Crippen LogP contribution in [0, 0.1) is 0 Å². The van der Waals surface area contributed by atoms with E-state index in [0.29, 0.717) is 5.82 Å². The first-order valence-corrected chi connectivity index (χ1v) is 20.3. The highest BCUT2D eigenvalue weighted by molar-refractivity contribution is 6.05. The molecule has 0 atom stereocenters. The molecule has 0 saturated carbocycles. The Labute approximate surface area is 350 Å². The van der Waals surface area contributed by atoms with Crippen LogP contribution in [0.5, 0.6) is 0 Å². The van der Waals surface area contributed by atoms with E-state index < -0.39 is 0 Å². The van der Waals surface area contributed by atoms with Gasteiger partial charge < -0.3 is 4.42 Å². The van der Waals surface area contributed by atoms with Gasteiger partial charge in [-0.05, 0) is 48.5 Å². The van der Waals surface area contributed by atoms with Crippen LogP contribution in [0.15, 0.2) is 211 Å². The lowest BCUT2D eigenvalue weighted by atomic mass is 10.0. The molecule has 6 heterocycles. The zero-order valence-electron chi connectivity index (χ0n) is 32.7. The van der Waals surface area contributed by atoms with Crippen LogP contribution in [0.1, 0.15) is 0 Å². The molecule has 0 aliphatic carbocycles. The predicted octanol–water partition coefficient (Wildman–Crippen LogP) is 13.3. The molecular formula is C54H34N6O. The fraction of sp³-hybridized carbons (Fsp3) is 0. The Morgan fingerprint density at radius 2 is 0.787 bits per heavy atom. The van der Waals surface area contributed by atoms with Crippen molar-refractivity contribution in [3.63, 3.8) is 0 Å². The Bertz CT molecular complexity index is 3390. The fourth-order valence-electron chi connectivity index (χ4n) is 8.47. The van der Waals surface area contributed by atoms with Crippen LogP contribution in [-0.4, -0.2) is 28.7 Å². The molecule has 0 spiro atoms. The van der Waals surface area contributed by atoms with Crippen molar-refractivity contribution < 1.29 is 4.42 Å². The van der Waals surface area contributed by atoms with Crippen LogP contribution in [0.3, 0.4) is 0 Å². The molecule has 0 amide bonds. The summed E-state index contributed by atoms with van der Waals surface area (Å²) in [4.78, 5) is 20.6. The van der Waals surface area contributed by atoms with Crippen molar-refractivity contribution in [3.8, 4) is 78.9 Å². The van der Waals surface area contributed by atoms with Gasteiger partial charge in [-0.1, -0.05) is 146 Å². The van der Waals surface area contributed by atoms with E-state index in [1.54, 1.807) is 0 Å². The summed E-state index contributed by atoms with van der Waals surface area (Å²) < 4.78 is 10.6. The number of hydrogen-bond donors (Lipinski definition) is 0. The highest BCUT2D eigenvalue weighted by atomic mass is 16.3. The van der Waals surface area contributed by atoms with Gasteiger partial charge in [0.25, 0.3) is 0 Å². The van der Waals surface area contributed by atoms with Crippen LogP contribution in [0.4, 0.5) is 0 Å². The highest BCUT2D eigenvalue weighted by Gasteiger charge is 2.19. The second-order valence-corrected chi connectivity index (χ2v) is 15.1. The SMILES string of the molecule is c1ccc(-c2nc3ccccn3c2-c2ccc(-c3cc(-c4ccc(-c5c(-c6ccccc6)nc6ccccn56)cc4)nc(-c4ccc5c(c4)oc4ccccc45)n3)cc2)cc1. The summed E-state index contributed by atoms with van der Waals surface area (Å²) in [6.07, 6.45) is 4.14. The normalized spacial score (nSPS) is 11.6. The van der Waals surface area contributed by atoms with Gasteiger partial charge in [0.05, 0.1) is 34.2 Å². The monoisotopic (exact) mass is 782 g/mol. The molecular weight excluding hydrogens is 749 g/mol. The van der Waals surface area contributed by atoms with Crippen LogP contribution in [0.2, 0.25) is 0 Å². The molecule has 0 radical (unpaired) electrons. The Hall–Kier alpha value is -8.42. The first-order chi connectivity index (χ1) is 30.2. The van der Waals surface area contributed by atoms with Crippen LogP contribution in [0.25, 0.3) is 112 Å². The molecule has 0 unspecified atom stereocenters. The molecule has 286 valence electrons. The predicted molar refractivity (Wildman–Crippen MR) is 245 cm³/mol. The third-order valence-electron chi connectivity index (χ3n) is 11.4. The van der Waals surface area contributed by atoms with Crippen molar-refractivity contribution in [2.75, 3.05) is 0 Å². The van der Waals surface area contributed by atoms with E-state index in [9.17, 15) is 0 Å². The number of pyridine rings is 2. The van der Waals surface area contributed by atoms with Crippen LogP contribution < -0.4 is 0 Å². The van der Waals surface area contributed by atoms with Gasteiger partial charge in [-0.25, -0.2) is 19.9 Å². The van der Waals surface area contributed by atoms with Crippen molar-refractivity contribution in [1.29, 1.82) is 0 Å². The summed E-state index contributed by atoms with van der Waals surface area (Å²) in [7, 11) is 0. The lowest BCUT2D eigenvalue weighted by Crippen LogP contribution is -1.96. The smallest absolute Gasteiger partial charge is 0.160 e. The molecule has 0 aliphatic rings. The summed E-state index contributed by atoms with van der Waals surface area (Å²) in [5.41, 5.74) is 16.1. The molecule has 61 heavy (non-hydrogen) atoms. The maximum absolute atomic E-state index is 6.32. The van der Waals surface area contributed by atoms with Crippen molar-refractivity contribution >= 4 is 33.2 Å². The number of benzene rings is 6. The minimum absolute atomic E-state index is 0.615. The quantitative estimate of drug-likeness (QED) is 0.161. The van der Waals surface area contributed by atoms with Crippen molar-refractivity contribution in [2.45, 2.75) is 0 Å². The van der Waals surface area contributed by atoms with Crippen molar-refractivity contribution in [3.05, 3.63) is 207 Å². The first-order valence-electron chi connectivity index (χ1n) is 20.3. The van der Waals surface area contributed by atoms with Gasteiger partial charge >= 0.3 is 0 Å². The molecule has 7 nitrogen and oxygen atoms in total.